The first-order chi connectivity index (χ1) is 8.52. The van der Waals surface area contributed by atoms with Crippen LogP contribution in [0.3, 0.4) is 0 Å². The molecule has 0 spiro atoms. The van der Waals surface area contributed by atoms with Crippen molar-refractivity contribution in [1.82, 2.24) is 10.2 Å². The SMILES string of the molecule is CCCC1NC(=O)C(C)(CC)N(CC2CC2)C1=O. The summed E-state index contributed by atoms with van der Waals surface area (Å²) >= 11 is 0. The Morgan fingerprint density at radius 1 is 1.33 bits per heavy atom. The molecule has 1 N–H and O–H groups in total. The zero-order valence-corrected chi connectivity index (χ0v) is 11.7. The van der Waals surface area contributed by atoms with Crippen LogP contribution in [0.4, 0.5) is 0 Å². The molecule has 2 unspecified atom stereocenters. The molecule has 18 heavy (non-hydrogen) atoms. The molecule has 1 heterocycles. The zero-order chi connectivity index (χ0) is 13.3. The van der Waals surface area contributed by atoms with Crippen LogP contribution in [0.25, 0.3) is 0 Å². The molecule has 2 atom stereocenters. The van der Waals surface area contributed by atoms with Gasteiger partial charge in [0.1, 0.15) is 11.6 Å². The molecule has 1 saturated carbocycles. The molecular weight excluding hydrogens is 228 g/mol. The molecule has 0 bridgehead atoms. The van der Waals surface area contributed by atoms with E-state index in [-0.39, 0.29) is 17.9 Å². The lowest BCUT2D eigenvalue weighted by Gasteiger charge is -2.46. The number of nitrogens with one attached hydrogen (secondary N) is 1. The van der Waals surface area contributed by atoms with E-state index in [9.17, 15) is 9.59 Å². The van der Waals surface area contributed by atoms with Crippen molar-refractivity contribution in [3.05, 3.63) is 0 Å². The molecule has 4 heteroatoms. The van der Waals surface area contributed by atoms with Crippen molar-refractivity contribution < 1.29 is 9.59 Å². The Bertz CT molecular complexity index is 352. The summed E-state index contributed by atoms with van der Waals surface area (Å²) in [4.78, 5) is 26.6. The van der Waals surface area contributed by atoms with Gasteiger partial charge >= 0.3 is 0 Å². The van der Waals surface area contributed by atoms with E-state index >= 15 is 0 Å². The largest absolute Gasteiger partial charge is 0.342 e. The van der Waals surface area contributed by atoms with Crippen molar-refractivity contribution in [3.63, 3.8) is 0 Å². The summed E-state index contributed by atoms with van der Waals surface area (Å²) < 4.78 is 0. The van der Waals surface area contributed by atoms with Gasteiger partial charge in [0.15, 0.2) is 0 Å². The van der Waals surface area contributed by atoms with Crippen molar-refractivity contribution in [2.75, 3.05) is 6.54 Å². The number of amides is 2. The summed E-state index contributed by atoms with van der Waals surface area (Å²) in [5.41, 5.74) is -0.649. The Morgan fingerprint density at radius 2 is 2.00 bits per heavy atom. The molecule has 2 fully saturated rings. The minimum Gasteiger partial charge on any atom is -0.342 e. The second-order valence-corrected chi connectivity index (χ2v) is 5.83. The van der Waals surface area contributed by atoms with Gasteiger partial charge in [-0.2, -0.15) is 0 Å². The molecule has 0 aromatic heterocycles. The van der Waals surface area contributed by atoms with Crippen LogP contribution in [0.1, 0.15) is 52.9 Å². The van der Waals surface area contributed by atoms with E-state index in [0.29, 0.717) is 12.3 Å². The van der Waals surface area contributed by atoms with Gasteiger partial charge in [-0.05, 0) is 38.5 Å². The number of carbonyl (C=O) groups excluding carboxylic acids is 2. The summed E-state index contributed by atoms with van der Waals surface area (Å²) in [6.45, 7) is 6.67. The van der Waals surface area contributed by atoms with Crippen molar-refractivity contribution >= 4 is 11.8 Å². The van der Waals surface area contributed by atoms with Gasteiger partial charge in [-0.1, -0.05) is 20.3 Å². The first kappa shape index (κ1) is 13.4. The number of hydrogen-bond donors (Lipinski definition) is 1. The number of piperazine rings is 1. The normalized spacial score (nSPS) is 32.6. The Hall–Kier alpha value is -1.06. The predicted molar refractivity (Wildman–Crippen MR) is 70.0 cm³/mol. The number of rotatable bonds is 5. The summed E-state index contributed by atoms with van der Waals surface area (Å²) in [6, 6.07) is -0.305. The topological polar surface area (TPSA) is 49.4 Å². The summed E-state index contributed by atoms with van der Waals surface area (Å²) in [5, 5.41) is 2.90. The number of nitrogens with zero attached hydrogens (tertiary/aromatic N) is 1. The third-order valence-electron chi connectivity index (χ3n) is 4.36. The van der Waals surface area contributed by atoms with Crippen LogP contribution in [0.2, 0.25) is 0 Å². The van der Waals surface area contributed by atoms with Crippen LogP contribution in [0.5, 0.6) is 0 Å². The van der Waals surface area contributed by atoms with Crippen molar-refractivity contribution in [2.24, 2.45) is 5.92 Å². The van der Waals surface area contributed by atoms with E-state index < -0.39 is 5.54 Å². The molecule has 2 amide bonds. The van der Waals surface area contributed by atoms with Gasteiger partial charge in [-0.25, -0.2) is 0 Å². The first-order valence-corrected chi connectivity index (χ1v) is 7.15. The molecule has 1 aliphatic carbocycles. The molecule has 0 radical (unpaired) electrons. The Labute approximate surface area is 109 Å². The molecule has 1 saturated heterocycles. The number of carbonyl (C=O) groups is 2. The number of hydrogen-bond acceptors (Lipinski definition) is 2. The highest BCUT2D eigenvalue weighted by molar-refractivity contribution is 5.99. The maximum absolute atomic E-state index is 12.5. The highest BCUT2D eigenvalue weighted by atomic mass is 16.2. The Kier molecular flexibility index (Phi) is 3.64. The predicted octanol–water partition coefficient (Wildman–Crippen LogP) is 1.69. The van der Waals surface area contributed by atoms with Crippen molar-refractivity contribution in [2.45, 2.75) is 64.5 Å². The molecule has 1 aliphatic heterocycles. The van der Waals surface area contributed by atoms with E-state index in [1.807, 2.05) is 25.7 Å². The van der Waals surface area contributed by atoms with Crippen molar-refractivity contribution in [1.29, 1.82) is 0 Å². The molecule has 2 aliphatic rings. The molecule has 0 aromatic rings. The van der Waals surface area contributed by atoms with Gasteiger partial charge in [-0.3, -0.25) is 9.59 Å². The Balaban J connectivity index is 2.20. The maximum Gasteiger partial charge on any atom is 0.246 e. The third-order valence-corrected chi connectivity index (χ3v) is 4.36. The second kappa shape index (κ2) is 4.90. The average molecular weight is 252 g/mol. The van der Waals surface area contributed by atoms with Crippen LogP contribution in [0, 0.1) is 5.92 Å². The van der Waals surface area contributed by atoms with Crippen LogP contribution >= 0.6 is 0 Å². The highest BCUT2D eigenvalue weighted by Crippen LogP contribution is 2.35. The first-order valence-electron chi connectivity index (χ1n) is 7.15. The summed E-state index contributed by atoms with van der Waals surface area (Å²) in [5.74, 6) is 0.754. The van der Waals surface area contributed by atoms with Gasteiger partial charge in [0.05, 0.1) is 0 Å². The quantitative estimate of drug-likeness (QED) is 0.809. The fourth-order valence-corrected chi connectivity index (χ4v) is 2.62. The molecule has 4 nitrogen and oxygen atoms in total. The third kappa shape index (κ3) is 2.25. The summed E-state index contributed by atoms with van der Waals surface area (Å²) in [7, 11) is 0. The summed E-state index contributed by atoms with van der Waals surface area (Å²) in [6.07, 6.45) is 4.73. The van der Waals surface area contributed by atoms with Gasteiger partial charge in [-0.15, -0.1) is 0 Å². The van der Waals surface area contributed by atoms with E-state index in [1.165, 1.54) is 12.8 Å². The van der Waals surface area contributed by atoms with Crippen molar-refractivity contribution in [3.8, 4) is 0 Å². The lowest BCUT2D eigenvalue weighted by molar-refractivity contribution is -0.157. The standard InChI is InChI=1S/C14H24N2O2/c1-4-6-11-12(17)16(9-10-7-8-10)14(3,5-2)13(18)15-11/h10-11H,4-9H2,1-3H3,(H,15,18). The minimum absolute atomic E-state index is 0.0173. The van der Waals surface area contributed by atoms with Crippen LogP contribution in [-0.4, -0.2) is 34.8 Å². The van der Waals surface area contributed by atoms with Crippen LogP contribution in [-0.2, 0) is 9.59 Å². The average Bonchev–Trinajstić information content (AvgIpc) is 3.16. The van der Waals surface area contributed by atoms with Crippen LogP contribution < -0.4 is 5.32 Å². The fraction of sp³-hybridized carbons (Fsp3) is 0.857. The smallest absolute Gasteiger partial charge is 0.246 e. The van der Waals surface area contributed by atoms with Gasteiger partial charge in [0.2, 0.25) is 11.8 Å². The minimum atomic E-state index is -0.649. The van der Waals surface area contributed by atoms with E-state index in [4.69, 9.17) is 0 Å². The second-order valence-electron chi connectivity index (χ2n) is 5.83. The monoisotopic (exact) mass is 252 g/mol. The van der Waals surface area contributed by atoms with Gasteiger partial charge in [0.25, 0.3) is 0 Å². The lowest BCUT2D eigenvalue weighted by atomic mass is 9.89. The van der Waals surface area contributed by atoms with Crippen LogP contribution in [0.15, 0.2) is 0 Å². The molecule has 102 valence electrons. The Morgan fingerprint density at radius 3 is 2.50 bits per heavy atom. The van der Waals surface area contributed by atoms with E-state index in [2.05, 4.69) is 5.32 Å². The highest BCUT2D eigenvalue weighted by Gasteiger charge is 2.49. The van der Waals surface area contributed by atoms with E-state index in [0.717, 1.165) is 19.4 Å². The lowest BCUT2D eigenvalue weighted by Crippen LogP contribution is -2.69. The maximum atomic E-state index is 12.5. The molecule has 2 rings (SSSR count). The van der Waals surface area contributed by atoms with E-state index in [1.54, 1.807) is 0 Å². The zero-order valence-electron chi connectivity index (χ0n) is 11.7. The van der Waals surface area contributed by atoms with Gasteiger partial charge < -0.3 is 10.2 Å². The fourth-order valence-electron chi connectivity index (χ4n) is 2.62. The molecular formula is C14H24N2O2. The van der Waals surface area contributed by atoms with Gasteiger partial charge in [0, 0.05) is 6.54 Å². The molecule has 0 aromatic carbocycles.